The number of nitrogens with one attached hydrogen (secondary N) is 4. The highest BCUT2D eigenvalue weighted by atomic mass is 32.2. The molecule has 0 aromatic heterocycles. The number of benzene rings is 3. The molecule has 378 valence electrons. The van der Waals surface area contributed by atoms with Gasteiger partial charge in [-0.3, -0.25) is 33.6 Å². The van der Waals surface area contributed by atoms with Gasteiger partial charge in [0.15, 0.2) is 0 Å². The number of hydrogen-bond donors (Lipinski definition) is 6. The Morgan fingerprint density at radius 2 is 1.21 bits per heavy atom. The highest BCUT2D eigenvalue weighted by Crippen LogP contribution is 2.34. The van der Waals surface area contributed by atoms with Crippen LogP contribution in [0.15, 0.2) is 103 Å². The second-order valence-corrected chi connectivity index (χ2v) is 19.3. The summed E-state index contributed by atoms with van der Waals surface area (Å²) in [6, 6.07) is 27.3. The molecule has 2 saturated heterocycles. The predicted octanol–water partition coefficient (Wildman–Crippen LogP) is 2.99. The van der Waals surface area contributed by atoms with Crippen LogP contribution in [0.1, 0.15) is 81.4 Å². The molecule has 1 unspecified atom stereocenters. The lowest BCUT2D eigenvalue weighted by atomic mass is 10.0. The molecule has 0 bridgehead atoms. The van der Waals surface area contributed by atoms with Crippen molar-refractivity contribution >= 4 is 53.1 Å². The minimum absolute atomic E-state index is 0.0261. The van der Waals surface area contributed by atoms with E-state index in [1.54, 1.807) is 0 Å². The third-order valence-corrected chi connectivity index (χ3v) is 13.9. The van der Waals surface area contributed by atoms with E-state index in [-0.39, 0.29) is 57.5 Å². The molecule has 4 atom stereocenters. The zero-order chi connectivity index (χ0) is 50.3. The van der Waals surface area contributed by atoms with E-state index in [1.165, 1.54) is 26.5 Å². The Balaban J connectivity index is 1.17. The molecule has 2 aliphatic heterocycles. The van der Waals surface area contributed by atoms with Gasteiger partial charge in [-0.2, -0.15) is 11.8 Å². The number of rotatable bonds is 30. The maximum atomic E-state index is 14.4. The van der Waals surface area contributed by atoms with Gasteiger partial charge in [-0.25, -0.2) is 0 Å². The monoisotopic (exact) mass is 981 g/mol. The molecule has 0 radical (unpaired) electrons. The number of unbranched alkanes of at least 4 members (excludes halogenated alkanes) is 3. The normalized spacial score (nSPS) is 16.2. The lowest BCUT2D eigenvalue weighted by molar-refractivity contribution is -0.147. The second kappa shape index (κ2) is 28.9. The van der Waals surface area contributed by atoms with Crippen LogP contribution >= 0.6 is 11.8 Å². The van der Waals surface area contributed by atoms with Crippen LogP contribution in [-0.2, 0) is 53.2 Å². The summed E-state index contributed by atoms with van der Waals surface area (Å²) < 4.78 is 0. The van der Waals surface area contributed by atoms with Crippen LogP contribution in [0.3, 0.4) is 0 Å². The summed E-state index contributed by atoms with van der Waals surface area (Å²) in [5.41, 5.74) is 13.9. The molecule has 0 spiro atoms. The summed E-state index contributed by atoms with van der Waals surface area (Å²) in [5.74, 6) is -1.20. The first-order valence-electron chi connectivity index (χ1n) is 24.4. The molecular formula is C52H72N10O7S. The van der Waals surface area contributed by atoms with E-state index in [2.05, 4.69) is 27.8 Å². The average Bonchev–Trinajstić information content (AvgIpc) is 3.91. The first-order valence-corrected chi connectivity index (χ1v) is 25.4. The van der Waals surface area contributed by atoms with E-state index in [4.69, 9.17) is 11.5 Å². The number of fused-ring (bicyclic) bond motifs is 1. The van der Waals surface area contributed by atoms with Gasteiger partial charge in [-0.1, -0.05) is 104 Å². The Hall–Kier alpha value is -6.40. The van der Waals surface area contributed by atoms with Crippen LogP contribution in [0.25, 0.3) is 0 Å². The predicted molar refractivity (Wildman–Crippen MR) is 272 cm³/mol. The molecule has 70 heavy (non-hydrogen) atoms. The maximum Gasteiger partial charge on any atom is 0.242 e. The second-order valence-electron chi connectivity index (χ2n) is 18.0. The molecule has 8 N–H and O–H groups in total. The summed E-state index contributed by atoms with van der Waals surface area (Å²) in [6.07, 6.45) is 5.63. The fourth-order valence-corrected chi connectivity index (χ4v) is 10.1. The van der Waals surface area contributed by atoms with Crippen molar-refractivity contribution in [3.05, 3.63) is 120 Å². The van der Waals surface area contributed by atoms with Crippen LogP contribution < -0.4 is 32.7 Å². The highest BCUT2D eigenvalue weighted by molar-refractivity contribution is 8.00. The van der Waals surface area contributed by atoms with Crippen molar-refractivity contribution in [2.45, 2.75) is 108 Å². The number of amides is 7. The first-order chi connectivity index (χ1) is 33.8. The number of carbonyl (C=O) groups excluding carboxylic acids is 7. The molecule has 3 aromatic rings. The van der Waals surface area contributed by atoms with Crippen molar-refractivity contribution in [1.29, 1.82) is 0 Å². The SMILES string of the molecule is C=C1N[C@H]2CSC(CCCCC(=O)NCCCC[C@H](NC(=O)CN(Cc3ccccc3)C(=O)CN(Cc3ccccc3)C(=O)CN(CCCCN)C(=O)CN(Cc3ccccc3)C(C)=O)C(N)=O)[C@H]2N1. The van der Waals surface area contributed by atoms with Crippen molar-refractivity contribution in [2.24, 2.45) is 11.5 Å². The van der Waals surface area contributed by atoms with Crippen LogP contribution in [0.4, 0.5) is 0 Å². The standard InChI is InChI=1S/C52H72N10O7S/c1-38-56-44-37-70-45(51(44)57-38)25-12-13-26-46(64)55-28-16-14-24-43(52(54)69)58-47(65)33-61(31-41-20-8-4-9-21-41)50(68)36-62(32-42-22-10-5-11-23-42)49(67)34-59(29-17-15-27-53)48(66)35-60(39(2)63)30-40-18-6-3-7-19-40/h3-11,18-23,43-45,51,56-57H,1,12-17,24-37,53H2,2H3,(H2,54,69)(H,55,64)(H,58,65)/t43-,44-,45?,51-/m0/s1. The summed E-state index contributed by atoms with van der Waals surface area (Å²) in [4.78, 5) is 99.8. The number of nitrogens with two attached hydrogens (primary N) is 2. The third kappa shape index (κ3) is 18.5. The topological polar surface area (TPSA) is 233 Å². The van der Waals surface area contributed by atoms with Gasteiger partial charge in [0, 0.05) is 57.1 Å². The Labute approximate surface area is 416 Å². The van der Waals surface area contributed by atoms with Gasteiger partial charge < -0.3 is 52.3 Å². The molecular weight excluding hydrogens is 909 g/mol. The zero-order valence-corrected chi connectivity index (χ0v) is 41.3. The number of hydrogen-bond acceptors (Lipinski definition) is 11. The van der Waals surface area contributed by atoms with Gasteiger partial charge in [0.1, 0.15) is 19.1 Å². The minimum Gasteiger partial charge on any atom is -0.368 e. The molecule has 17 nitrogen and oxygen atoms in total. The van der Waals surface area contributed by atoms with Gasteiger partial charge in [-0.15, -0.1) is 0 Å². The van der Waals surface area contributed by atoms with Crippen molar-refractivity contribution < 1.29 is 33.6 Å². The smallest absolute Gasteiger partial charge is 0.242 e. The van der Waals surface area contributed by atoms with E-state index in [0.29, 0.717) is 62.5 Å². The quantitative estimate of drug-likeness (QED) is 0.0532. The third-order valence-electron chi connectivity index (χ3n) is 12.4. The largest absolute Gasteiger partial charge is 0.368 e. The molecule has 3 aromatic carbocycles. The zero-order valence-electron chi connectivity index (χ0n) is 40.5. The van der Waals surface area contributed by atoms with E-state index in [0.717, 1.165) is 47.5 Å². The molecule has 0 saturated carbocycles. The Morgan fingerprint density at radius 1 is 0.671 bits per heavy atom. The number of thioether (sulfide) groups is 1. The lowest BCUT2D eigenvalue weighted by Crippen LogP contribution is -2.51. The average molecular weight is 981 g/mol. The Bertz CT molecular complexity index is 2190. The van der Waals surface area contributed by atoms with E-state index >= 15 is 0 Å². The summed E-state index contributed by atoms with van der Waals surface area (Å²) in [5, 5.41) is 13.0. The highest BCUT2D eigenvalue weighted by Gasteiger charge is 2.40. The van der Waals surface area contributed by atoms with Crippen LogP contribution in [0, 0.1) is 0 Å². The molecule has 18 heteroatoms. The summed E-state index contributed by atoms with van der Waals surface area (Å²) in [7, 11) is 0. The van der Waals surface area contributed by atoms with Gasteiger partial charge in [0.2, 0.25) is 41.4 Å². The Kier molecular flexibility index (Phi) is 22.5. The fourth-order valence-electron chi connectivity index (χ4n) is 8.55. The molecule has 2 heterocycles. The molecule has 2 aliphatic rings. The molecule has 7 amide bonds. The molecule has 2 fully saturated rings. The van der Waals surface area contributed by atoms with E-state index in [1.807, 2.05) is 103 Å². The number of nitrogens with zero attached hydrogens (tertiary/aromatic N) is 4. The van der Waals surface area contributed by atoms with Gasteiger partial charge in [0.05, 0.1) is 31.0 Å². The molecule has 0 aliphatic carbocycles. The van der Waals surface area contributed by atoms with Gasteiger partial charge >= 0.3 is 0 Å². The van der Waals surface area contributed by atoms with Crippen molar-refractivity contribution in [3.8, 4) is 0 Å². The minimum atomic E-state index is -1.02. The van der Waals surface area contributed by atoms with E-state index in [9.17, 15) is 33.6 Å². The number of carbonyl (C=O) groups is 7. The van der Waals surface area contributed by atoms with Gasteiger partial charge in [-0.05, 0) is 68.2 Å². The maximum absolute atomic E-state index is 14.4. The van der Waals surface area contributed by atoms with E-state index < -0.39 is 48.7 Å². The molecule has 5 rings (SSSR count). The first kappa shape index (κ1) is 54.5. The van der Waals surface area contributed by atoms with Crippen molar-refractivity contribution in [3.63, 3.8) is 0 Å². The van der Waals surface area contributed by atoms with Crippen LogP contribution in [0.5, 0.6) is 0 Å². The number of primary amides is 1. The summed E-state index contributed by atoms with van der Waals surface area (Å²) in [6.45, 7) is 5.17. The van der Waals surface area contributed by atoms with Crippen molar-refractivity contribution in [1.82, 2.24) is 40.9 Å². The Morgan fingerprint density at radius 3 is 1.79 bits per heavy atom. The van der Waals surface area contributed by atoms with Crippen LogP contribution in [0.2, 0.25) is 0 Å². The van der Waals surface area contributed by atoms with Gasteiger partial charge in [0.25, 0.3) is 0 Å². The van der Waals surface area contributed by atoms with Crippen molar-refractivity contribution in [2.75, 3.05) is 51.6 Å². The lowest BCUT2D eigenvalue weighted by Gasteiger charge is -2.31. The fraction of sp³-hybridized carbons (Fsp3) is 0.481. The summed E-state index contributed by atoms with van der Waals surface area (Å²) >= 11 is 1.96. The van der Waals surface area contributed by atoms with Crippen LogP contribution in [-0.4, -0.2) is 136 Å².